The molecule has 0 aliphatic heterocycles. The summed E-state index contributed by atoms with van der Waals surface area (Å²) in [6, 6.07) is 5.68. The fourth-order valence-corrected chi connectivity index (χ4v) is 1.81. The number of aromatic carboxylic acids is 1. The molecular weight excluding hydrogens is 286 g/mol. The number of benzene rings is 1. The molecule has 0 atom stereocenters. The van der Waals surface area contributed by atoms with Gasteiger partial charge in [-0.15, -0.1) is 5.10 Å². The Bertz CT molecular complexity index is 592. The molecule has 0 saturated carbocycles. The lowest BCUT2D eigenvalue weighted by molar-refractivity contribution is 0.0683. The highest BCUT2D eigenvalue weighted by molar-refractivity contribution is 9.10. The highest BCUT2D eigenvalue weighted by Crippen LogP contribution is 2.20. The van der Waals surface area contributed by atoms with Crippen molar-refractivity contribution in [3.63, 3.8) is 0 Å². The number of halogens is 1. The third-order valence-corrected chi connectivity index (χ3v) is 3.21. The summed E-state index contributed by atoms with van der Waals surface area (Å²) in [4.78, 5) is 14.6. The molecular formula is C11H10BrN3O2. The van der Waals surface area contributed by atoms with E-state index in [2.05, 4.69) is 26.0 Å². The molecule has 0 unspecified atom stereocenters. The normalized spacial score (nSPS) is 10.5. The Morgan fingerprint density at radius 2 is 2.12 bits per heavy atom. The average molecular weight is 296 g/mol. The van der Waals surface area contributed by atoms with Crippen molar-refractivity contribution in [1.82, 2.24) is 14.8 Å². The largest absolute Gasteiger partial charge is 0.475 e. The molecule has 1 aromatic heterocycles. The van der Waals surface area contributed by atoms with Gasteiger partial charge < -0.3 is 5.11 Å². The maximum Gasteiger partial charge on any atom is 0.375 e. The van der Waals surface area contributed by atoms with Crippen LogP contribution < -0.4 is 0 Å². The molecule has 1 heterocycles. The average Bonchev–Trinajstić information content (AvgIpc) is 2.65. The van der Waals surface area contributed by atoms with Crippen LogP contribution in [0.25, 0.3) is 5.69 Å². The van der Waals surface area contributed by atoms with Crippen molar-refractivity contribution in [2.24, 2.45) is 0 Å². The molecule has 6 heteroatoms. The van der Waals surface area contributed by atoms with Crippen LogP contribution in [-0.4, -0.2) is 25.8 Å². The van der Waals surface area contributed by atoms with Crippen LogP contribution in [0.15, 0.2) is 22.7 Å². The van der Waals surface area contributed by atoms with Gasteiger partial charge in [0.2, 0.25) is 0 Å². The Hall–Kier alpha value is -1.69. The van der Waals surface area contributed by atoms with E-state index in [-0.39, 0.29) is 5.82 Å². The first-order chi connectivity index (χ1) is 7.99. The van der Waals surface area contributed by atoms with E-state index >= 15 is 0 Å². The van der Waals surface area contributed by atoms with Gasteiger partial charge in [-0.2, -0.15) is 0 Å². The van der Waals surface area contributed by atoms with Crippen molar-refractivity contribution >= 4 is 21.9 Å². The molecule has 0 radical (unpaired) electrons. The Labute approximate surface area is 106 Å². The molecule has 1 aromatic carbocycles. The van der Waals surface area contributed by atoms with Crippen LogP contribution in [0.2, 0.25) is 0 Å². The lowest BCUT2D eigenvalue weighted by Gasteiger charge is -2.04. The second-order valence-electron chi connectivity index (χ2n) is 3.63. The van der Waals surface area contributed by atoms with E-state index in [9.17, 15) is 4.79 Å². The van der Waals surface area contributed by atoms with Gasteiger partial charge in [-0.05, 0) is 31.5 Å². The third-order valence-electron chi connectivity index (χ3n) is 2.36. The van der Waals surface area contributed by atoms with Gasteiger partial charge in [-0.1, -0.05) is 22.0 Å². The molecule has 2 aromatic rings. The number of aromatic nitrogens is 3. The van der Waals surface area contributed by atoms with Crippen LogP contribution in [-0.2, 0) is 0 Å². The zero-order valence-electron chi connectivity index (χ0n) is 9.31. The van der Waals surface area contributed by atoms with Crippen molar-refractivity contribution in [2.75, 3.05) is 0 Å². The third kappa shape index (κ3) is 2.21. The minimum atomic E-state index is -1.13. The molecule has 17 heavy (non-hydrogen) atoms. The molecule has 88 valence electrons. The first-order valence-electron chi connectivity index (χ1n) is 4.92. The lowest BCUT2D eigenvalue weighted by Crippen LogP contribution is -2.02. The number of rotatable bonds is 2. The molecule has 5 nitrogen and oxygen atoms in total. The van der Waals surface area contributed by atoms with Crippen LogP contribution in [0.3, 0.4) is 0 Å². The maximum absolute atomic E-state index is 10.8. The summed E-state index contributed by atoms with van der Waals surface area (Å²) >= 11 is 3.43. The molecule has 0 aliphatic rings. The first kappa shape index (κ1) is 11.8. The van der Waals surface area contributed by atoms with Crippen molar-refractivity contribution in [3.8, 4) is 5.69 Å². The summed E-state index contributed by atoms with van der Waals surface area (Å²) in [6.07, 6.45) is 0. The van der Waals surface area contributed by atoms with Crippen LogP contribution >= 0.6 is 15.9 Å². The van der Waals surface area contributed by atoms with Crippen molar-refractivity contribution in [3.05, 3.63) is 39.9 Å². The van der Waals surface area contributed by atoms with Gasteiger partial charge in [0.1, 0.15) is 5.82 Å². The van der Waals surface area contributed by atoms with Gasteiger partial charge in [-0.3, -0.25) is 0 Å². The van der Waals surface area contributed by atoms with Crippen LogP contribution in [0.5, 0.6) is 0 Å². The number of aryl methyl sites for hydroxylation is 2. The Morgan fingerprint density at radius 3 is 2.65 bits per heavy atom. The van der Waals surface area contributed by atoms with Crippen molar-refractivity contribution in [1.29, 1.82) is 0 Å². The van der Waals surface area contributed by atoms with E-state index in [4.69, 9.17) is 5.11 Å². The molecule has 0 amide bonds. The second kappa shape index (κ2) is 4.29. The highest BCUT2D eigenvalue weighted by Gasteiger charge is 2.13. The SMILES string of the molecule is Cc1ccc(-n2nc(C(=O)O)nc2C)cc1Br. The number of nitrogens with zero attached hydrogens (tertiary/aromatic N) is 3. The molecule has 2 rings (SSSR count). The number of hydrogen-bond donors (Lipinski definition) is 1. The monoisotopic (exact) mass is 295 g/mol. The van der Waals surface area contributed by atoms with E-state index in [0.717, 1.165) is 15.7 Å². The first-order valence-corrected chi connectivity index (χ1v) is 5.72. The Balaban J connectivity index is 2.52. The van der Waals surface area contributed by atoms with E-state index < -0.39 is 5.97 Å². The summed E-state index contributed by atoms with van der Waals surface area (Å²) < 4.78 is 2.45. The van der Waals surface area contributed by atoms with Gasteiger partial charge in [0.15, 0.2) is 0 Å². The molecule has 0 aliphatic carbocycles. The minimum absolute atomic E-state index is 0.195. The predicted octanol–water partition coefficient (Wildman–Crippen LogP) is 2.34. The van der Waals surface area contributed by atoms with Crippen LogP contribution in [0, 0.1) is 13.8 Å². The summed E-state index contributed by atoms with van der Waals surface area (Å²) in [7, 11) is 0. The molecule has 0 spiro atoms. The number of carbonyl (C=O) groups is 1. The Morgan fingerprint density at radius 1 is 1.41 bits per heavy atom. The molecule has 0 bridgehead atoms. The fourth-order valence-electron chi connectivity index (χ4n) is 1.44. The van der Waals surface area contributed by atoms with Crippen molar-refractivity contribution in [2.45, 2.75) is 13.8 Å². The summed E-state index contributed by atoms with van der Waals surface area (Å²) in [5.74, 6) is -0.782. The molecule has 1 N–H and O–H groups in total. The second-order valence-corrected chi connectivity index (χ2v) is 4.49. The van der Waals surface area contributed by atoms with Crippen LogP contribution in [0.4, 0.5) is 0 Å². The van der Waals surface area contributed by atoms with Gasteiger partial charge in [0, 0.05) is 4.47 Å². The zero-order chi connectivity index (χ0) is 12.6. The summed E-state index contributed by atoms with van der Waals surface area (Å²) in [6.45, 7) is 3.69. The minimum Gasteiger partial charge on any atom is -0.475 e. The van der Waals surface area contributed by atoms with E-state index in [1.807, 2.05) is 25.1 Å². The van der Waals surface area contributed by atoms with E-state index in [0.29, 0.717) is 5.82 Å². The van der Waals surface area contributed by atoms with Crippen LogP contribution in [0.1, 0.15) is 22.0 Å². The standard InChI is InChI=1S/C11H10BrN3O2/c1-6-3-4-8(5-9(6)12)15-7(2)13-10(14-15)11(16)17/h3-5H,1-2H3,(H,16,17). The van der Waals surface area contributed by atoms with E-state index in [1.54, 1.807) is 6.92 Å². The lowest BCUT2D eigenvalue weighted by atomic mass is 10.2. The van der Waals surface area contributed by atoms with Gasteiger partial charge in [-0.25, -0.2) is 14.5 Å². The summed E-state index contributed by atoms with van der Waals surface area (Å²) in [5.41, 5.74) is 1.88. The van der Waals surface area contributed by atoms with Gasteiger partial charge >= 0.3 is 5.97 Å². The van der Waals surface area contributed by atoms with Gasteiger partial charge in [0.05, 0.1) is 5.69 Å². The highest BCUT2D eigenvalue weighted by atomic mass is 79.9. The van der Waals surface area contributed by atoms with Crippen molar-refractivity contribution < 1.29 is 9.90 Å². The number of carboxylic acid groups (broad SMARTS) is 1. The molecule has 0 saturated heterocycles. The summed E-state index contributed by atoms with van der Waals surface area (Å²) in [5, 5.41) is 12.8. The topological polar surface area (TPSA) is 68.0 Å². The van der Waals surface area contributed by atoms with Gasteiger partial charge in [0.25, 0.3) is 5.82 Å². The quantitative estimate of drug-likeness (QED) is 0.923. The fraction of sp³-hybridized carbons (Fsp3) is 0.182. The number of carboxylic acids is 1. The molecule has 0 fully saturated rings. The Kier molecular flexibility index (Phi) is 2.97. The zero-order valence-corrected chi connectivity index (χ0v) is 10.9. The predicted molar refractivity (Wildman–Crippen MR) is 65.5 cm³/mol. The maximum atomic E-state index is 10.8. The smallest absolute Gasteiger partial charge is 0.375 e. The van der Waals surface area contributed by atoms with E-state index in [1.165, 1.54) is 4.68 Å². The number of hydrogen-bond acceptors (Lipinski definition) is 3.